The quantitative estimate of drug-likeness (QED) is 0.648. The standard InChI is InChI=1S/C20H21ClN4O2.2ClH/c21-15-3-1-14(2-4-15)13-16(22)20(26)25-10-8-24(9-11-25)18-5-7-23-17-6-12-27-19(17)18;;/h1-7,12,16H,8-11,13,22H2;2*1H/t16-;;/m1../s1. The van der Waals surface area contributed by atoms with Gasteiger partial charge in [0.2, 0.25) is 5.91 Å². The van der Waals surface area contributed by atoms with E-state index in [1.165, 1.54) is 0 Å². The third-order valence-corrected chi connectivity index (χ3v) is 5.19. The maximum atomic E-state index is 12.7. The molecule has 0 saturated carbocycles. The molecule has 1 fully saturated rings. The number of hydrogen-bond donors (Lipinski definition) is 1. The van der Waals surface area contributed by atoms with Crippen molar-refractivity contribution < 1.29 is 9.21 Å². The Morgan fingerprint density at radius 2 is 1.79 bits per heavy atom. The van der Waals surface area contributed by atoms with Crippen LogP contribution in [0.4, 0.5) is 5.69 Å². The molecule has 2 N–H and O–H groups in total. The molecule has 1 aliphatic heterocycles. The summed E-state index contributed by atoms with van der Waals surface area (Å²) in [7, 11) is 0. The maximum absolute atomic E-state index is 12.7. The number of rotatable bonds is 4. The zero-order chi connectivity index (χ0) is 18.8. The molecule has 1 atom stereocenters. The first-order chi connectivity index (χ1) is 13.1. The van der Waals surface area contributed by atoms with Crippen molar-refractivity contribution >= 4 is 59.1 Å². The van der Waals surface area contributed by atoms with Crippen LogP contribution in [0.2, 0.25) is 5.02 Å². The Labute approximate surface area is 186 Å². The first kappa shape index (κ1) is 23.3. The van der Waals surface area contributed by atoms with Crippen LogP contribution in [-0.4, -0.2) is 48.0 Å². The molecule has 1 amide bonds. The highest BCUT2D eigenvalue weighted by atomic mass is 35.5. The second-order valence-electron chi connectivity index (χ2n) is 6.71. The number of aromatic nitrogens is 1. The van der Waals surface area contributed by atoms with Crippen LogP contribution >= 0.6 is 36.4 Å². The van der Waals surface area contributed by atoms with Gasteiger partial charge >= 0.3 is 0 Å². The largest absolute Gasteiger partial charge is 0.460 e. The number of piperazine rings is 1. The minimum Gasteiger partial charge on any atom is -0.460 e. The molecule has 6 nitrogen and oxygen atoms in total. The van der Waals surface area contributed by atoms with Gasteiger partial charge in [-0.3, -0.25) is 9.78 Å². The van der Waals surface area contributed by atoms with Gasteiger partial charge < -0.3 is 20.0 Å². The highest BCUT2D eigenvalue weighted by Gasteiger charge is 2.26. The monoisotopic (exact) mass is 456 g/mol. The fourth-order valence-electron chi connectivity index (χ4n) is 3.47. The molecule has 156 valence electrons. The summed E-state index contributed by atoms with van der Waals surface area (Å²) in [5.74, 6) is -0.0116. The van der Waals surface area contributed by atoms with Crippen molar-refractivity contribution in [3.63, 3.8) is 0 Å². The molecular formula is C20H23Cl3N4O2. The number of carbonyl (C=O) groups is 1. The molecule has 1 aliphatic rings. The van der Waals surface area contributed by atoms with Crippen molar-refractivity contribution in [2.45, 2.75) is 12.5 Å². The zero-order valence-corrected chi connectivity index (χ0v) is 18.1. The molecule has 0 spiro atoms. The number of furan rings is 1. The lowest BCUT2D eigenvalue weighted by molar-refractivity contribution is -0.132. The number of hydrogen-bond acceptors (Lipinski definition) is 5. The van der Waals surface area contributed by atoms with Crippen LogP contribution in [0.15, 0.2) is 53.3 Å². The van der Waals surface area contributed by atoms with Crippen LogP contribution in [0.3, 0.4) is 0 Å². The van der Waals surface area contributed by atoms with Crippen LogP contribution in [0.5, 0.6) is 0 Å². The first-order valence-electron chi connectivity index (χ1n) is 8.98. The van der Waals surface area contributed by atoms with E-state index in [0.29, 0.717) is 24.5 Å². The molecule has 4 rings (SSSR count). The molecule has 0 unspecified atom stereocenters. The molecule has 9 heteroatoms. The summed E-state index contributed by atoms with van der Waals surface area (Å²) >= 11 is 5.90. The first-order valence-corrected chi connectivity index (χ1v) is 9.35. The van der Waals surface area contributed by atoms with Crippen molar-refractivity contribution in [2.24, 2.45) is 5.73 Å². The Balaban J connectivity index is 0.00000150. The maximum Gasteiger partial charge on any atom is 0.239 e. The zero-order valence-electron chi connectivity index (χ0n) is 15.7. The second kappa shape index (κ2) is 10.2. The third-order valence-electron chi connectivity index (χ3n) is 4.94. The molecule has 3 heterocycles. The lowest BCUT2D eigenvalue weighted by Gasteiger charge is -2.37. The van der Waals surface area contributed by atoms with Crippen molar-refractivity contribution in [1.82, 2.24) is 9.88 Å². The van der Waals surface area contributed by atoms with E-state index in [2.05, 4.69) is 9.88 Å². The van der Waals surface area contributed by atoms with Gasteiger partial charge in [0.05, 0.1) is 18.0 Å². The number of fused-ring (bicyclic) bond motifs is 1. The van der Waals surface area contributed by atoms with E-state index >= 15 is 0 Å². The molecule has 29 heavy (non-hydrogen) atoms. The normalized spacial score (nSPS) is 14.8. The van der Waals surface area contributed by atoms with Crippen molar-refractivity contribution in [2.75, 3.05) is 31.1 Å². The van der Waals surface area contributed by atoms with Gasteiger partial charge in [-0.15, -0.1) is 24.8 Å². The van der Waals surface area contributed by atoms with Gasteiger partial charge in [0, 0.05) is 43.5 Å². The Morgan fingerprint density at radius 3 is 2.48 bits per heavy atom. The summed E-state index contributed by atoms with van der Waals surface area (Å²) in [6, 6.07) is 10.7. The predicted octanol–water partition coefficient (Wildman–Crippen LogP) is 3.54. The Kier molecular flexibility index (Phi) is 8.16. The number of amides is 1. The van der Waals surface area contributed by atoms with Gasteiger partial charge in [-0.2, -0.15) is 0 Å². The lowest BCUT2D eigenvalue weighted by Crippen LogP contribution is -2.53. The van der Waals surface area contributed by atoms with Gasteiger partial charge in [0.1, 0.15) is 5.52 Å². The van der Waals surface area contributed by atoms with Crippen LogP contribution < -0.4 is 10.6 Å². The van der Waals surface area contributed by atoms with Crippen LogP contribution in [0, 0.1) is 0 Å². The topological polar surface area (TPSA) is 75.6 Å². The summed E-state index contributed by atoms with van der Waals surface area (Å²) in [5, 5.41) is 0.677. The highest BCUT2D eigenvalue weighted by Crippen LogP contribution is 2.27. The van der Waals surface area contributed by atoms with E-state index in [9.17, 15) is 4.79 Å². The third kappa shape index (κ3) is 5.14. The summed E-state index contributed by atoms with van der Waals surface area (Å²) in [5.41, 5.74) is 9.82. The van der Waals surface area contributed by atoms with Gasteiger partial charge in [-0.25, -0.2) is 0 Å². The van der Waals surface area contributed by atoms with E-state index in [4.69, 9.17) is 21.8 Å². The van der Waals surface area contributed by atoms with Gasteiger partial charge in [-0.1, -0.05) is 23.7 Å². The molecule has 2 aromatic heterocycles. The minimum atomic E-state index is -0.546. The molecular weight excluding hydrogens is 435 g/mol. The van der Waals surface area contributed by atoms with Crippen LogP contribution in [-0.2, 0) is 11.2 Å². The van der Waals surface area contributed by atoms with E-state index in [1.54, 1.807) is 12.5 Å². The van der Waals surface area contributed by atoms with Crippen molar-refractivity contribution in [3.8, 4) is 0 Å². The average molecular weight is 458 g/mol. The fraction of sp³-hybridized carbons (Fsp3) is 0.300. The Bertz CT molecular complexity index is 940. The molecule has 0 bridgehead atoms. The molecule has 1 saturated heterocycles. The van der Waals surface area contributed by atoms with Crippen molar-refractivity contribution in [3.05, 3.63) is 59.4 Å². The van der Waals surface area contributed by atoms with E-state index in [1.807, 2.05) is 41.3 Å². The average Bonchev–Trinajstić information content (AvgIpc) is 3.18. The SMILES string of the molecule is Cl.Cl.N[C@H](Cc1ccc(Cl)cc1)C(=O)N1CCN(c2ccnc3ccoc23)CC1. The number of anilines is 1. The number of pyridine rings is 1. The molecule has 3 aromatic rings. The number of halogens is 3. The lowest BCUT2D eigenvalue weighted by atomic mass is 10.1. The van der Waals surface area contributed by atoms with Crippen molar-refractivity contribution in [1.29, 1.82) is 0 Å². The molecule has 0 radical (unpaired) electrons. The summed E-state index contributed by atoms with van der Waals surface area (Å²) in [4.78, 5) is 21.1. The van der Waals surface area contributed by atoms with Gasteiger partial charge in [0.25, 0.3) is 0 Å². The number of benzene rings is 1. The summed E-state index contributed by atoms with van der Waals surface area (Å²) in [6.07, 6.45) is 3.94. The second-order valence-corrected chi connectivity index (χ2v) is 7.15. The predicted molar refractivity (Wildman–Crippen MR) is 120 cm³/mol. The summed E-state index contributed by atoms with van der Waals surface area (Å²) < 4.78 is 5.58. The Morgan fingerprint density at radius 1 is 1.10 bits per heavy atom. The number of nitrogens with zero attached hydrogens (tertiary/aromatic N) is 3. The van der Waals surface area contributed by atoms with E-state index in [0.717, 1.165) is 35.4 Å². The Hall–Kier alpha value is -1.99. The minimum absolute atomic E-state index is 0. The fourth-order valence-corrected chi connectivity index (χ4v) is 3.60. The van der Waals surface area contributed by atoms with Crippen LogP contribution in [0.1, 0.15) is 5.56 Å². The van der Waals surface area contributed by atoms with E-state index < -0.39 is 6.04 Å². The van der Waals surface area contributed by atoms with E-state index in [-0.39, 0.29) is 30.7 Å². The summed E-state index contributed by atoms with van der Waals surface area (Å²) in [6.45, 7) is 2.74. The van der Waals surface area contributed by atoms with Gasteiger partial charge in [-0.05, 0) is 30.2 Å². The van der Waals surface area contributed by atoms with Crippen LogP contribution in [0.25, 0.3) is 11.1 Å². The van der Waals surface area contributed by atoms with Gasteiger partial charge in [0.15, 0.2) is 5.58 Å². The number of nitrogens with two attached hydrogens (primary N) is 1. The number of carbonyl (C=O) groups excluding carboxylic acids is 1. The molecule has 1 aromatic carbocycles. The highest BCUT2D eigenvalue weighted by molar-refractivity contribution is 6.30. The smallest absolute Gasteiger partial charge is 0.239 e. The molecule has 0 aliphatic carbocycles.